The van der Waals surface area contributed by atoms with Gasteiger partial charge < -0.3 is 13.7 Å². The highest BCUT2D eigenvalue weighted by molar-refractivity contribution is 7.27. The van der Waals surface area contributed by atoms with E-state index in [0.29, 0.717) is 0 Å². The van der Waals surface area contributed by atoms with Gasteiger partial charge in [-0.15, -0.1) is 34.0 Å². The first-order valence-corrected chi connectivity index (χ1v) is 51.4. The van der Waals surface area contributed by atoms with E-state index < -0.39 is 0 Å². The van der Waals surface area contributed by atoms with Crippen LogP contribution in [-0.4, -0.2) is 28.7 Å². The Bertz CT molecular complexity index is 10500. The molecule has 0 atom stereocenters. The van der Waals surface area contributed by atoms with Crippen molar-refractivity contribution in [2.45, 2.75) is 0 Å². The van der Waals surface area contributed by atoms with E-state index in [-0.39, 0.29) is 0 Å². The van der Waals surface area contributed by atoms with E-state index in [1.165, 1.54) is 225 Å². The Morgan fingerprint density at radius 3 is 0.785 bits per heavy atom. The van der Waals surface area contributed by atoms with Gasteiger partial charge in [-0.3, -0.25) is 15.0 Å². The number of rotatable bonds is 10. The van der Waals surface area contributed by atoms with Gasteiger partial charge in [0, 0.05) is 131 Å². The maximum absolute atomic E-state index is 5.30. The van der Waals surface area contributed by atoms with E-state index in [0.717, 1.165) is 60.7 Å². The lowest BCUT2D eigenvalue weighted by Gasteiger charge is -2.15. The third-order valence-electron chi connectivity index (χ3n) is 29.4. The van der Waals surface area contributed by atoms with Crippen LogP contribution in [0.2, 0.25) is 0 Å². The van der Waals surface area contributed by atoms with Crippen molar-refractivity contribution >= 4 is 225 Å². The molecule has 31 rings (SSSR count). The molecule has 9 aromatic heterocycles. The Kier molecular flexibility index (Phi) is 19.5. The van der Waals surface area contributed by atoms with Gasteiger partial charge in [0.05, 0.1) is 63.8 Å². The molecule has 0 fully saturated rings. The zero-order valence-electron chi connectivity index (χ0n) is 77.8. The van der Waals surface area contributed by atoms with Gasteiger partial charge in [0.2, 0.25) is 0 Å². The van der Waals surface area contributed by atoms with Gasteiger partial charge in [0.1, 0.15) is 0 Å². The van der Waals surface area contributed by atoms with Crippen LogP contribution in [0.4, 0.5) is 0 Å². The van der Waals surface area contributed by atoms with E-state index in [1.807, 2.05) is 34.0 Å². The molecule has 144 heavy (non-hydrogen) atoms. The van der Waals surface area contributed by atoms with Crippen LogP contribution in [0, 0.1) is 0 Å². The molecule has 0 saturated heterocycles. The Morgan fingerprint density at radius 2 is 0.403 bits per heavy atom. The molecule has 0 amide bonds. The summed E-state index contributed by atoms with van der Waals surface area (Å²) in [6, 6.07) is 174. The van der Waals surface area contributed by atoms with E-state index in [9.17, 15) is 0 Å². The molecule has 0 N–H and O–H groups in total. The first-order valence-electron chi connectivity index (χ1n) is 49.0. The lowest BCUT2D eigenvalue weighted by molar-refractivity contribution is 1.19. The molecule has 9 heteroatoms. The third-order valence-corrected chi connectivity index (χ3v) is 33.0. The van der Waals surface area contributed by atoms with Crippen molar-refractivity contribution in [1.82, 2.24) is 28.7 Å². The molecule has 0 aliphatic heterocycles. The maximum Gasteiger partial charge on any atom is 0.0902 e. The second kappa shape index (κ2) is 33.9. The topological polar surface area (TPSA) is 53.5 Å². The number of benzene rings is 22. The summed E-state index contributed by atoms with van der Waals surface area (Å²) in [6.07, 6.45) is 6.31. The average molecular weight is 1880 g/mol. The highest BCUT2D eigenvalue weighted by Gasteiger charge is 2.27. The monoisotopic (exact) mass is 1880 g/mol. The van der Waals surface area contributed by atoms with Gasteiger partial charge in [0.25, 0.3) is 0 Å². The van der Waals surface area contributed by atoms with Gasteiger partial charge >= 0.3 is 0 Å². The molecule has 22 aromatic carbocycles. The summed E-state index contributed by atoms with van der Waals surface area (Å²) in [5.41, 5.74) is 30.5. The molecule has 0 radical (unpaired) electrons. The van der Waals surface area contributed by atoms with Gasteiger partial charge in [-0.2, -0.15) is 0 Å². The summed E-state index contributed by atoms with van der Waals surface area (Å²) in [4.78, 5) is 15.6. The van der Waals surface area contributed by atoms with Crippen LogP contribution >= 0.6 is 34.0 Å². The first-order chi connectivity index (χ1) is 71.4. The molecule has 0 aliphatic carbocycles. The van der Waals surface area contributed by atoms with Gasteiger partial charge in [-0.05, 0) is 232 Å². The lowest BCUT2D eigenvalue weighted by Crippen LogP contribution is -1.97. The Morgan fingerprint density at radius 1 is 0.139 bits per heavy atom. The molecule has 0 aliphatic rings. The van der Waals surface area contributed by atoms with Crippen molar-refractivity contribution in [2.24, 2.45) is 0 Å². The fourth-order valence-corrected chi connectivity index (χ4v) is 26.3. The second-order valence-corrected chi connectivity index (χ2v) is 40.7. The molecule has 0 unspecified atom stereocenters. The van der Waals surface area contributed by atoms with E-state index in [2.05, 4.69) is 512 Å². The van der Waals surface area contributed by atoms with Crippen molar-refractivity contribution in [3.63, 3.8) is 0 Å². The third kappa shape index (κ3) is 13.6. The maximum atomic E-state index is 5.30. The van der Waals surface area contributed by atoms with Crippen LogP contribution in [0.15, 0.2) is 498 Å². The van der Waals surface area contributed by atoms with Crippen molar-refractivity contribution < 1.29 is 0 Å². The fourth-order valence-electron chi connectivity index (χ4n) is 22.7. The largest absolute Gasteiger partial charge is 0.308 e. The molecule has 0 spiro atoms. The minimum Gasteiger partial charge on any atom is -0.308 e. The minimum absolute atomic E-state index is 1.04. The Labute approximate surface area is 839 Å². The molecular weight excluding hydrogens is 1800 g/mol. The van der Waals surface area contributed by atoms with Crippen LogP contribution in [0.3, 0.4) is 0 Å². The summed E-state index contributed by atoms with van der Waals surface area (Å²) in [6.45, 7) is 0. The molecule has 670 valence electrons. The highest BCUT2D eigenvalue weighted by Crippen LogP contribution is 2.51. The van der Waals surface area contributed by atoms with E-state index in [4.69, 9.17) is 15.0 Å². The van der Waals surface area contributed by atoms with Gasteiger partial charge in [-0.1, -0.05) is 358 Å². The van der Waals surface area contributed by atoms with E-state index in [1.54, 1.807) is 0 Å². The quantitative estimate of drug-likeness (QED) is 0.128. The van der Waals surface area contributed by atoms with Crippen LogP contribution in [0.5, 0.6) is 0 Å². The molecule has 6 nitrogen and oxygen atoms in total. The van der Waals surface area contributed by atoms with Crippen molar-refractivity contribution in [1.29, 1.82) is 0 Å². The first kappa shape index (κ1) is 82.9. The number of hydrogen-bond donors (Lipinski definition) is 0. The number of aromatic nitrogens is 6. The SMILES string of the molecule is c1ccc(-c2cc(-c3ccccc3)cc(-n3c4ccc(-c5ccccc5)cc4c4cnc5c(ccc6c7cc(-c8ccccc8)ccc7sc65)c43)c2)cc1.c1ccc(-c2cc(-c3ccccc3)cc(-n3c4ccc(-c5ccccc5)cc4c4cnc5c(ccc6c7ccccc7sc65)c43)c2)cc1.c1ccc2c(c1)sc1c2ccc2c1ncc1c3ccccc3n(-c3ccc4c5ccccc5c5ccccc5c4c3)c12. The number of nitrogens with zero attached hydrogens (tertiary/aromatic N) is 6. The van der Waals surface area contributed by atoms with Gasteiger partial charge in [-0.25, -0.2) is 0 Å². The number of thiophene rings is 3. The summed E-state index contributed by atoms with van der Waals surface area (Å²) < 4.78 is 15.0. The normalized spacial score (nSPS) is 11.9. The molecular formula is C135H82N6S3. The van der Waals surface area contributed by atoms with Crippen LogP contribution < -0.4 is 0 Å². The Hall–Kier alpha value is -18.1. The number of fused-ring (bicyclic) bond motifs is 33. The van der Waals surface area contributed by atoms with Crippen LogP contribution in [0.1, 0.15) is 0 Å². The highest BCUT2D eigenvalue weighted by atomic mass is 32.1. The van der Waals surface area contributed by atoms with Crippen LogP contribution in [-0.2, 0) is 0 Å². The fraction of sp³-hybridized carbons (Fsp3) is 0. The minimum atomic E-state index is 1.04. The van der Waals surface area contributed by atoms with E-state index >= 15 is 0 Å². The standard InChI is InChI=1S/C51H32N2S.C45H28N2S.C39H22N2S/c1-5-13-33(14-6-1)37-21-25-47-44(30-37)46-32-52-49-43(24-23-42-45-31-38(34-15-7-2-8-16-34)22-26-48(45)54-51(42)49)50(46)53(47)41-28-39(35-17-9-3-10-18-35)27-40(29-41)36-19-11-4-12-20-36;1-4-12-29(13-5-1)32-20-23-41-39(27-32)40-28-46-43-38(22-21-37-36-18-10-11-19-42(36)48-45(37)43)44(40)47(41)35-25-33(30-14-6-2-7-15-30)24-34(26-35)31-16-8-3-9-17-31;1-2-11-26-24(9-1)25-10-3-4-12-27(25)33-21-23(17-18-28(26)33)41-35-15-7-5-13-29(35)34-22-40-37-32(38(34)41)20-19-31-30-14-6-8-16-36(30)42-39(31)37/h1-32H;1-28H;1-22H. The zero-order valence-corrected chi connectivity index (χ0v) is 80.2. The molecule has 31 aromatic rings. The van der Waals surface area contributed by atoms with Crippen molar-refractivity contribution in [3.05, 3.63) is 498 Å². The molecule has 9 heterocycles. The Balaban J connectivity index is 0.000000103. The number of para-hydroxylation sites is 1. The molecule has 0 saturated carbocycles. The average Bonchev–Trinajstić information content (AvgIpc) is 1.60. The predicted octanol–water partition coefficient (Wildman–Crippen LogP) is 38.2. The van der Waals surface area contributed by atoms with Crippen molar-refractivity contribution in [3.8, 4) is 95.0 Å². The van der Waals surface area contributed by atoms with Crippen molar-refractivity contribution in [2.75, 3.05) is 0 Å². The summed E-state index contributed by atoms with van der Waals surface area (Å²) >= 11 is 5.52. The van der Waals surface area contributed by atoms with Crippen LogP contribution in [0.25, 0.3) is 286 Å². The predicted molar refractivity (Wildman–Crippen MR) is 617 cm³/mol. The summed E-state index contributed by atoms with van der Waals surface area (Å²) in [7, 11) is 0. The number of hydrogen-bond acceptors (Lipinski definition) is 6. The summed E-state index contributed by atoms with van der Waals surface area (Å²) in [5, 5.41) is 26.0. The number of pyridine rings is 3. The smallest absolute Gasteiger partial charge is 0.0902 e. The van der Waals surface area contributed by atoms with Gasteiger partial charge in [0.15, 0.2) is 0 Å². The molecule has 0 bridgehead atoms. The second-order valence-electron chi connectivity index (χ2n) is 37.5. The zero-order chi connectivity index (χ0) is 94.6. The lowest BCUT2D eigenvalue weighted by atomic mass is 9.94. The summed E-state index contributed by atoms with van der Waals surface area (Å²) in [5.74, 6) is 0.